The van der Waals surface area contributed by atoms with Crippen LogP contribution in [0.3, 0.4) is 0 Å². The van der Waals surface area contributed by atoms with Crippen LogP contribution in [0.1, 0.15) is 187 Å². The fourth-order valence-corrected chi connectivity index (χ4v) is 8.30. The van der Waals surface area contributed by atoms with Crippen LogP contribution >= 0.6 is 0 Å². The van der Waals surface area contributed by atoms with Gasteiger partial charge in [0.1, 0.15) is 0 Å². The van der Waals surface area contributed by atoms with Crippen LogP contribution in [0.4, 0.5) is 0 Å². The molecule has 0 heterocycles. The Bertz CT molecular complexity index is 592. The van der Waals surface area contributed by atoms with Gasteiger partial charge in [0.05, 0.1) is 8.07 Å². The summed E-state index contributed by atoms with van der Waals surface area (Å²) >= 11 is 0. The van der Waals surface area contributed by atoms with Crippen molar-refractivity contribution in [3.8, 4) is 0 Å². The molecule has 1 aromatic rings. The smallest absolute Gasteiger partial charge is 0.0654 e. The zero-order valence-electron chi connectivity index (χ0n) is 27.3. The van der Waals surface area contributed by atoms with Crippen LogP contribution in [0.15, 0.2) is 30.3 Å². The number of unbranched alkanes of at least 4 members (excludes halogenated alkanes) is 27. The van der Waals surface area contributed by atoms with Crippen molar-refractivity contribution in [1.29, 1.82) is 0 Å². The Morgan fingerprint density at radius 3 is 1.00 bits per heavy atom. The third-order valence-corrected chi connectivity index (χ3v) is 12.1. The van der Waals surface area contributed by atoms with Gasteiger partial charge in [0.15, 0.2) is 0 Å². The van der Waals surface area contributed by atoms with E-state index in [1.54, 1.807) is 5.19 Å². The number of hydrogen-bond acceptors (Lipinski definition) is 0. The molecular formula is C38H71Si. The normalized spacial score (nSPS) is 11.9. The molecule has 0 aliphatic heterocycles. The van der Waals surface area contributed by atoms with Crippen molar-refractivity contribution in [3.63, 3.8) is 0 Å². The highest BCUT2D eigenvalue weighted by Crippen LogP contribution is 2.17. The molecule has 0 aromatic heterocycles. The lowest BCUT2D eigenvalue weighted by atomic mass is 10.0. The van der Waals surface area contributed by atoms with E-state index in [1.165, 1.54) is 180 Å². The Morgan fingerprint density at radius 2 is 0.692 bits per heavy atom. The summed E-state index contributed by atoms with van der Waals surface area (Å²) in [5, 5.41) is 1.58. The van der Waals surface area contributed by atoms with Crippen molar-refractivity contribution >= 4 is 13.3 Å². The summed E-state index contributed by atoms with van der Waals surface area (Å²) in [4.78, 5) is 0. The molecule has 0 saturated carbocycles. The molecule has 0 aliphatic rings. The second kappa shape index (κ2) is 27.6. The highest BCUT2D eigenvalue weighted by molar-refractivity contribution is 6.92. The lowest BCUT2D eigenvalue weighted by Crippen LogP contribution is -2.42. The predicted molar refractivity (Wildman–Crippen MR) is 183 cm³/mol. The molecule has 1 rings (SSSR count). The molecule has 0 bridgehead atoms. The molecule has 0 saturated heterocycles. The van der Waals surface area contributed by atoms with Gasteiger partial charge in [-0.1, -0.05) is 235 Å². The van der Waals surface area contributed by atoms with Crippen LogP contribution in [0.2, 0.25) is 13.1 Å². The average molecular weight is 556 g/mol. The van der Waals surface area contributed by atoms with Gasteiger partial charge in [-0.2, -0.15) is 0 Å². The van der Waals surface area contributed by atoms with Crippen molar-refractivity contribution in [1.82, 2.24) is 0 Å². The molecule has 0 spiro atoms. The number of rotatable bonds is 30. The first kappa shape index (κ1) is 36.5. The molecule has 0 unspecified atom stereocenters. The maximum Gasteiger partial charge on any atom is 0.0836 e. The van der Waals surface area contributed by atoms with Crippen molar-refractivity contribution < 1.29 is 0 Å². The minimum atomic E-state index is -1.33. The van der Waals surface area contributed by atoms with E-state index >= 15 is 0 Å². The standard InChI is InChI=1S/C38H71Si/c1-4-5-6-7-8-9-10-11-12-13-14-15-16-17-18-19-20-21-22-23-24-25-26-27-28-29-30-34-37-39(2,3)38-35-32-31-33-36-38/h31-33,35-37H,4-30,34H2,1-3H3. The summed E-state index contributed by atoms with van der Waals surface area (Å²) in [5.41, 5.74) is 0. The Balaban J connectivity index is 1.69. The molecular weight excluding hydrogens is 485 g/mol. The molecule has 39 heavy (non-hydrogen) atoms. The summed E-state index contributed by atoms with van der Waals surface area (Å²) in [6, 6.07) is 13.8. The van der Waals surface area contributed by atoms with E-state index in [0.29, 0.717) is 0 Å². The summed E-state index contributed by atoms with van der Waals surface area (Å²) in [6.45, 7) is 7.29. The topological polar surface area (TPSA) is 0 Å². The first-order valence-corrected chi connectivity index (χ1v) is 21.1. The Labute approximate surface area is 248 Å². The predicted octanol–water partition coefficient (Wildman–Crippen LogP) is 13.3. The Hall–Kier alpha value is -0.563. The zero-order chi connectivity index (χ0) is 28.1. The van der Waals surface area contributed by atoms with Crippen LogP contribution in [0.25, 0.3) is 0 Å². The Kier molecular flexibility index (Phi) is 25.8. The molecule has 1 heteroatoms. The fourth-order valence-electron chi connectivity index (χ4n) is 6.09. The molecule has 0 fully saturated rings. The summed E-state index contributed by atoms with van der Waals surface area (Å²) in [7, 11) is -1.33. The van der Waals surface area contributed by atoms with Crippen molar-refractivity contribution in [2.24, 2.45) is 0 Å². The lowest BCUT2D eigenvalue weighted by Gasteiger charge is -2.22. The van der Waals surface area contributed by atoms with Crippen LogP contribution in [-0.4, -0.2) is 8.07 Å². The third-order valence-electron chi connectivity index (χ3n) is 8.98. The van der Waals surface area contributed by atoms with Crippen molar-refractivity contribution in [3.05, 3.63) is 36.4 Å². The SMILES string of the molecule is CCCCCCCCCCCCCCCCCCCCCCCCCCCCC[CH][Si](C)(C)c1ccccc1. The van der Waals surface area contributed by atoms with Crippen LogP contribution in [0.5, 0.6) is 0 Å². The van der Waals surface area contributed by atoms with E-state index in [-0.39, 0.29) is 0 Å². The molecule has 227 valence electrons. The highest BCUT2D eigenvalue weighted by atomic mass is 28.3. The van der Waals surface area contributed by atoms with Crippen LogP contribution < -0.4 is 5.19 Å². The van der Waals surface area contributed by atoms with Crippen LogP contribution in [-0.2, 0) is 0 Å². The molecule has 0 nitrogen and oxygen atoms in total. The molecule has 0 aliphatic carbocycles. The minimum Gasteiger partial charge on any atom is -0.0654 e. The van der Waals surface area contributed by atoms with Gasteiger partial charge in [-0.05, 0) is 6.04 Å². The van der Waals surface area contributed by atoms with Gasteiger partial charge in [0.25, 0.3) is 0 Å². The lowest BCUT2D eigenvalue weighted by molar-refractivity contribution is 0.514. The molecule has 1 radical (unpaired) electrons. The van der Waals surface area contributed by atoms with Gasteiger partial charge in [0, 0.05) is 0 Å². The quantitative estimate of drug-likeness (QED) is 0.0654. The highest BCUT2D eigenvalue weighted by Gasteiger charge is 2.22. The van der Waals surface area contributed by atoms with Gasteiger partial charge in [-0.3, -0.25) is 0 Å². The second-order valence-electron chi connectivity index (χ2n) is 13.3. The first-order chi connectivity index (χ1) is 19.2. The summed E-state index contributed by atoms with van der Waals surface area (Å²) < 4.78 is 0. The largest absolute Gasteiger partial charge is 0.0836 e. The second-order valence-corrected chi connectivity index (χ2v) is 17.7. The van der Waals surface area contributed by atoms with E-state index in [0.717, 1.165) is 0 Å². The first-order valence-electron chi connectivity index (χ1n) is 18.1. The van der Waals surface area contributed by atoms with Gasteiger partial charge in [-0.25, -0.2) is 0 Å². The molecule has 0 atom stereocenters. The minimum absolute atomic E-state index is 1.31. The molecule has 0 amide bonds. The van der Waals surface area contributed by atoms with Crippen LogP contribution in [0, 0.1) is 6.04 Å². The van der Waals surface area contributed by atoms with E-state index in [4.69, 9.17) is 0 Å². The summed E-state index contributed by atoms with van der Waals surface area (Å²) in [5.74, 6) is 0. The number of hydrogen-bond donors (Lipinski definition) is 0. The molecule has 1 aromatic carbocycles. The molecule has 0 N–H and O–H groups in total. The third kappa shape index (κ3) is 23.8. The fraction of sp³-hybridized carbons (Fsp3) is 0.816. The maximum absolute atomic E-state index is 2.67. The van der Waals surface area contributed by atoms with E-state index in [2.05, 4.69) is 56.4 Å². The van der Waals surface area contributed by atoms with Gasteiger partial charge in [-0.15, -0.1) is 0 Å². The average Bonchev–Trinajstić information content (AvgIpc) is 2.95. The van der Waals surface area contributed by atoms with Gasteiger partial charge in [0.2, 0.25) is 0 Å². The van der Waals surface area contributed by atoms with Crippen molar-refractivity contribution in [2.75, 3.05) is 0 Å². The van der Waals surface area contributed by atoms with E-state index in [1.807, 2.05) is 0 Å². The van der Waals surface area contributed by atoms with E-state index in [9.17, 15) is 0 Å². The zero-order valence-corrected chi connectivity index (χ0v) is 28.3. The van der Waals surface area contributed by atoms with E-state index < -0.39 is 8.07 Å². The summed E-state index contributed by atoms with van der Waals surface area (Å²) in [6.07, 6.45) is 41.0. The van der Waals surface area contributed by atoms with Gasteiger partial charge < -0.3 is 0 Å². The maximum atomic E-state index is 2.67. The van der Waals surface area contributed by atoms with Gasteiger partial charge >= 0.3 is 0 Å². The number of benzene rings is 1. The van der Waals surface area contributed by atoms with Crippen molar-refractivity contribution in [2.45, 2.75) is 200 Å². The Morgan fingerprint density at radius 1 is 0.410 bits per heavy atom. The monoisotopic (exact) mass is 556 g/mol.